The van der Waals surface area contributed by atoms with Crippen molar-refractivity contribution in [2.24, 2.45) is 0 Å². The quantitative estimate of drug-likeness (QED) is 0.751. The van der Waals surface area contributed by atoms with Crippen LogP contribution in [0.1, 0.15) is 16.7 Å². The SMILES string of the molecule is Cc1cc(Oc2ccc(C#N)c(C(F)(F)F)c2)ccc1Cl. The van der Waals surface area contributed by atoms with Gasteiger partial charge in [-0.1, -0.05) is 11.6 Å². The summed E-state index contributed by atoms with van der Waals surface area (Å²) in [6.07, 6.45) is -4.61. The Hall–Kier alpha value is -2.19. The zero-order chi connectivity index (χ0) is 15.6. The zero-order valence-electron chi connectivity index (χ0n) is 10.8. The molecule has 0 aromatic heterocycles. The number of halogens is 4. The van der Waals surface area contributed by atoms with Crippen molar-refractivity contribution in [2.45, 2.75) is 13.1 Å². The summed E-state index contributed by atoms with van der Waals surface area (Å²) in [5.74, 6) is 0.373. The highest BCUT2D eigenvalue weighted by Gasteiger charge is 2.34. The van der Waals surface area contributed by atoms with Gasteiger partial charge >= 0.3 is 6.18 Å². The molecule has 0 N–H and O–H groups in total. The molecule has 0 unspecified atom stereocenters. The van der Waals surface area contributed by atoms with E-state index in [0.29, 0.717) is 10.8 Å². The summed E-state index contributed by atoms with van der Waals surface area (Å²) < 4.78 is 43.9. The highest BCUT2D eigenvalue weighted by molar-refractivity contribution is 6.31. The minimum absolute atomic E-state index is 0.00282. The van der Waals surface area contributed by atoms with Crippen LogP contribution in [0.15, 0.2) is 36.4 Å². The molecule has 0 spiro atoms. The van der Waals surface area contributed by atoms with E-state index in [1.54, 1.807) is 25.1 Å². The maximum absolute atomic E-state index is 12.8. The lowest BCUT2D eigenvalue weighted by molar-refractivity contribution is -0.137. The summed E-state index contributed by atoms with van der Waals surface area (Å²) >= 11 is 5.87. The summed E-state index contributed by atoms with van der Waals surface area (Å²) in [6, 6.07) is 9.50. The molecule has 6 heteroatoms. The standard InChI is InChI=1S/C15H9ClF3NO/c1-9-6-11(4-5-14(9)16)21-12-3-2-10(8-20)13(7-12)15(17,18)19/h2-7H,1H3. The summed E-state index contributed by atoms with van der Waals surface area (Å²) in [6.45, 7) is 1.76. The first kappa shape index (κ1) is 15.2. The predicted molar refractivity (Wildman–Crippen MR) is 72.4 cm³/mol. The Labute approximate surface area is 124 Å². The first-order chi connectivity index (χ1) is 9.81. The van der Waals surface area contributed by atoms with Gasteiger partial charge in [0.15, 0.2) is 0 Å². The van der Waals surface area contributed by atoms with E-state index in [2.05, 4.69) is 0 Å². The molecule has 0 atom stereocenters. The van der Waals surface area contributed by atoms with E-state index < -0.39 is 17.3 Å². The van der Waals surface area contributed by atoms with Crippen LogP contribution in [0.2, 0.25) is 5.02 Å². The van der Waals surface area contributed by atoms with Crippen LogP contribution < -0.4 is 4.74 Å². The summed E-state index contributed by atoms with van der Waals surface area (Å²) in [5, 5.41) is 9.26. The van der Waals surface area contributed by atoms with Gasteiger partial charge in [0.25, 0.3) is 0 Å². The van der Waals surface area contributed by atoms with Crippen LogP contribution in [-0.4, -0.2) is 0 Å². The molecule has 2 aromatic rings. The van der Waals surface area contributed by atoms with Gasteiger partial charge in [0.2, 0.25) is 0 Å². The lowest BCUT2D eigenvalue weighted by Gasteiger charge is -2.12. The van der Waals surface area contributed by atoms with Crippen molar-refractivity contribution in [3.63, 3.8) is 0 Å². The topological polar surface area (TPSA) is 33.0 Å². The van der Waals surface area contributed by atoms with Crippen LogP contribution in [0.4, 0.5) is 13.2 Å². The highest BCUT2D eigenvalue weighted by atomic mass is 35.5. The van der Waals surface area contributed by atoms with E-state index in [1.807, 2.05) is 0 Å². The Kier molecular flexibility index (Phi) is 4.10. The molecule has 0 saturated heterocycles. The third-order valence-electron chi connectivity index (χ3n) is 2.78. The van der Waals surface area contributed by atoms with E-state index in [9.17, 15) is 13.2 Å². The number of benzene rings is 2. The summed E-state index contributed by atoms with van der Waals surface area (Å²) in [7, 11) is 0. The molecule has 0 saturated carbocycles. The van der Waals surface area contributed by atoms with Crippen molar-refractivity contribution in [1.82, 2.24) is 0 Å². The molecule has 2 rings (SSSR count). The van der Waals surface area contributed by atoms with Crippen molar-refractivity contribution in [1.29, 1.82) is 5.26 Å². The third kappa shape index (κ3) is 3.47. The second-order valence-corrected chi connectivity index (χ2v) is 4.74. The van der Waals surface area contributed by atoms with Crippen molar-refractivity contribution >= 4 is 11.6 Å². The van der Waals surface area contributed by atoms with E-state index in [-0.39, 0.29) is 5.75 Å². The van der Waals surface area contributed by atoms with Crippen LogP contribution >= 0.6 is 11.6 Å². The van der Waals surface area contributed by atoms with Gasteiger partial charge in [-0.2, -0.15) is 18.4 Å². The molecule has 0 fully saturated rings. The summed E-state index contributed by atoms with van der Waals surface area (Å²) in [5.41, 5.74) is -0.714. The molecule has 0 amide bonds. The molecular formula is C15H9ClF3NO. The van der Waals surface area contributed by atoms with Crippen molar-refractivity contribution in [3.8, 4) is 17.6 Å². The van der Waals surface area contributed by atoms with Crippen molar-refractivity contribution in [2.75, 3.05) is 0 Å². The third-order valence-corrected chi connectivity index (χ3v) is 3.21. The van der Waals surface area contributed by atoms with Gasteiger partial charge in [-0.25, -0.2) is 0 Å². The maximum Gasteiger partial charge on any atom is 0.417 e. The molecule has 21 heavy (non-hydrogen) atoms. The molecule has 0 aliphatic carbocycles. The van der Waals surface area contributed by atoms with Crippen molar-refractivity contribution < 1.29 is 17.9 Å². The van der Waals surface area contributed by atoms with Crippen LogP contribution in [0.5, 0.6) is 11.5 Å². The van der Waals surface area contributed by atoms with Crippen LogP contribution in [-0.2, 0) is 6.18 Å². The number of ether oxygens (including phenoxy) is 1. The Morgan fingerprint density at radius 1 is 1.10 bits per heavy atom. The fraction of sp³-hybridized carbons (Fsp3) is 0.133. The summed E-state index contributed by atoms with van der Waals surface area (Å²) in [4.78, 5) is 0. The average molecular weight is 312 g/mol. The number of nitrogens with zero attached hydrogens (tertiary/aromatic N) is 1. The largest absolute Gasteiger partial charge is 0.457 e. The second-order valence-electron chi connectivity index (χ2n) is 4.33. The molecule has 0 aliphatic heterocycles. The van der Waals surface area contributed by atoms with Crippen LogP contribution in [0, 0.1) is 18.3 Å². The van der Waals surface area contributed by atoms with Gasteiger partial charge in [0, 0.05) is 5.02 Å². The number of hydrogen-bond donors (Lipinski definition) is 0. The fourth-order valence-corrected chi connectivity index (χ4v) is 1.85. The smallest absolute Gasteiger partial charge is 0.417 e. The van der Waals surface area contributed by atoms with Crippen LogP contribution in [0.25, 0.3) is 0 Å². The molecule has 0 bridgehead atoms. The Morgan fingerprint density at radius 2 is 1.71 bits per heavy atom. The van der Waals surface area contributed by atoms with Gasteiger partial charge in [-0.05, 0) is 48.9 Å². The molecule has 2 aromatic carbocycles. The fourth-order valence-electron chi connectivity index (χ4n) is 1.74. The number of hydrogen-bond acceptors (Lipinski definition) is 2. The van der Waals surface area contributed by atoms with E-state index in [1.165, 1.54) is 12.1 Å². The van der Waals surface area contributed by atoms with Gasteiger partial charge in [0.05, 0.1) is 17.2 Å². The number of aryl methyl sites for hydroxylation is 1. The van der Waals surface area contributed by atoms with E-state index in [0.717, 1.165) is 17.7 Å². The van der Waals surface area contributed by atoms with E-state index in [4.69, 9.17) is 21.6 Å². The zero-order valence-corrected chi connectivity index (χ0v) is 11.6. The van der Waals surface area contributed by atoms with Gasteiger partial charge in [-0.15, -0.1) is 0 Å². The minimum atomic E-state index is -4.61. The second kappa shape index (κ2) is 5.66. The molecule has 0 aliphatic rings. The van der Waals surface area contributed by atoms with Crippen LogP contribution in [0.3, 0.4) is 0 Å². The molecule has 0 radical (unpaired) electrons. The molecule has 108 valence electrons. The van der Waals surface area contributed by atoms with Gasteiger partial charge in [-0.3, -0.25) is 0 Å². The minimum Gasteiger partial charge on any atom is -0.457 e. The molecule has 2 nitrogen and oxygen atoms in total. The monoisotopic (exact) mass is 311 g/mol. The first-order valence-electron chi connectivity index (χ1n) is 5.86. The molecule has 0 heterocycles. The Bertz CT molecular complexity index is 720. The normalized spacial score (nSPS) is 11.0. The number of rotatable bonds is 2. The van der Waals surface area contributed by atoms with Crippen molar-refractivity contribution in [3.05, 3.63) is 58.1 Å². The molecular weight excluding hydrogens is 303 g/mol. The number of nitriles is 1. The average Bonchev–Trinajstić information content (AvgIpc) is 2.42. The maximum atomic E-state index is 12.8. The van der Waals surface area contributed by atoms with Gasteiger partial charge < -0.3 is 4.74 Å². The predicted octanol–water partition coefficient (Wildman–Crippen LogP) is 5.33. The highest BCUT2D eigenvalue weighted by Crippen LogP contribution is 2.35. The lowest BCUT2D eigenvalue weighted by atomic mass is 10.1. The lowest BCUT2D eigenvalue weighted by Crippen LogP contribution is -2.07. The first-order valence-corrected chi connectivity index (χ1v) is 6.24. The van der Waals surface area contributed by atoms with Gasteiger partial charge in [0.1, 0.15) is 11.5 Å². The number of alkyl halides is 3. The van der Waals surface area contributed by atoms with E-state index >= 15 is 0 Å². The Morgan fingerprint density at radius 3 is 2.29 bits per heavy atom. The Balaban J connectivity index is 2.37.